The van der Waals surface area contributed by atoms with E-state index < -0.39 is 5.97 Å². The minimum atomic E-state index is -1.01. The minimum Gasteiger partial charge on any atom is -0.495 e. The Labute approximate surface area is 140 Å². The Hall–Kier alpha value is -3.08. The first kappa shape index (κ1) is 15.8. The Morgan fingerprint density at radius 2 is 1.96 bits per heavy atom. The summed E-state index contributed by atoms with van der Waals surface area (Å²) in [5.74, 6) is -0.655. The summed E-state index contributed by atoms with van der Waals surface area (Å²) in [5, 5.41) is 13.7. The van der Waals surface area contributed by atoms with Crippen LogP contribution in [0.1, 0.15) is 15.9 Å². The molecule has 0 saturated heterocycles. The van der Waals surface area contributed by atoms with Crippen LogP contribution in [0.2, 0.25) is 0 Å². The normalized spacial score (nSPS) is 10.5. The number of aryl methyl sites for hydroxylation is 2. The van der Waals surface area contributed by atoms with Crippen molar-refractivity contribution in [1.82, 2.24) is 9.78 Å². The molecule has 0 aliphatic carbocycles. The second-order valence-electron chi connectivity index (χ2n) is 5.42. The molecule has 0 atom stereocenters. The summed E-state index contributed by atoms with van der Waals surface area (Å²) in [7, 11) is 1.48. The van der Waals surface area contributed by atoms with E-state index in [-0.39, 0.29) is 5.56 Å². The van der Waals surface area contributed by atoms with E-state index in [1.54, 1.807) is 12.3 Å². The summed E-state index contributed by atoms with van der Waals surface area (Å²) >= 11 is 0. The molecule has 0 spiro atoms. The van der Waals surface area contributed by atoms with Crippen molar-refractivity contribution in [3.63, 3.8) is 0 Å². The number of carbonyl (C=O) groups is 1. The smallest absolute Gasteiger partial charge is 0.339 e. The van der Waals surface area contributed by atoms with Crippen LogP contribution in [-0.4, -0.2) is 28.0 Å². The zero-order valence-corrected chi connectivity index (χ0v) is 13.3. The fourth-order valence-corrected chi connectivity index (χ4v) is 2.67. The molecule has 0 bridgehead atoms. The fraction of sp³-hybridized carbons (Fsp3) is 0.158. The molecule has 24 heavy (non-hydrogen) atoms. The van der Waals surface area contributed by atoms with Crippen molar-refractivity contribution in [3.05, 3.63) is 72.1 Å². The monoisotopic (exact) mass is 322 g/mol. The first-order valence-electron chi connectivity index (χ1n) is 7.66. The average Bonchev–Trinajstić information content (AvgIpc) is 3.09. The first-order chi connectivity index (χ1) is 11.7. The summed E-state index contributed by atoms with van der Waals surface area (Å²) in [6, 6.07) is 15.3. The molecule has 5 nitrogen and oxygen atoms in total. The molecule has 0 fully saturated rings. The number of para-hydroxylation sites is 1. The summed E-state index contributed by atoms with van der Waals surface area (Å²) < 4.78 is 7.17. The predicted molar refractivity (Wildman–Crippen MR) is 91.3 cm³/mol. The number of carboxylic acid groups (broad SMARTS) is 1. The van der Waals surface area contributed by atoms with E-state index in [9.17, 15) is 9.90 Å². The molecular formula is C19H18N2O3. The molecule has 0 amide bonds. The van der Waals surface area contributed by atoms with E-state index in [0.717, 1.165) is 24.1 Å². The lowest BCUT2D eigenvalue weighted by atomic mass is 10.0. The van der Waals surface area contributed by atoms with Crippen LogP contribution in [-0.2, 0) is 13.0 Å². The number of rotatable bonds is 6. The number of carboxylic acids is 1. The van der Waals surface area contributed by atoms with Crippen molar-refractivity contribution in [2.45, 2.75) is 13.0 Å². The largest absolute Gasteiger partial charge is 0.495 e. The van der Waals surface area contributed by atoms with Gasteiger partial charge in [-0.25, -0.2) is 4.79 Å². The summed E-state index contributed by atoms with van der Waals surface area (Å²) in [5.41, 5.74) is 2.96. The quantitative estimate of drug-likeness (QED) is 0.754. The molecule has 122 valence electrons. The number of aromatic carboxylic acids is 1. The van der Waals surface area contributed by atoms with E-state index in [0.29, 0.717) is 5.75 Å². The van der Waals surface area contributed by atoms with Gasteiger partial charge in [0.05, 0.1) is 13.3 Å². The second-order valence-corrected chi connectivity index (χ2v) is 5.42. The van der Waals surface area contributed by atoms with Gasteiger partial charge in [-0.15, -0.1) is 0 Å². The number of methoxy groups -OCH3 is 1. The molecule has 3 aromatic rings. The van der Waals surface area contributed by atoms with Gasteiger partial charge in [-0.05, 0) is 18.1 Å². The van der Waals surface area contributed by atoms with Gasteiger partial charge in [0.1, 0.15) is 11.3 Å². The van der Waals surface area contributed by atoms with Crippen LogP contribution < -0.4 is 4.74 Å². The Kier molecular flexibility index (Phi) is 4.61. The molecule has 2 aromatic carbocycles. The predicted octanol–water partition coefficient (Wildman–Crippen LogP) is 3.50. The molecule has 1 aromatic heterocycles. The highest BCUT2D eigenvalue weighted by molar-refractivity contribution is 5.94. The second kappa shape index (κ2) is 7.00. The molecule has 0 unspecified atom stereocenters. The average molecular weight is 322 g/mol. The molecule has 0 radical (unpaired) electrons. The van der Waals surface area contributed by atoms with Gasteiger partial charge in [-0.3, -0.25) is 4.68 Å². The van der Waals surface area contributed by atoms with Gasteiger partial charge in [-0.2, -0.15) is 5.10 Å². The SMILES string of the molecule is COc1c(C(=O)O)cccc1-c1cnn(CCc2ccccc2)c1. The molecule has 0 aliphatic heterocycles. The van der Waals surface area contributed by atoms with E-state index in [2.05, 4.69) is 17.2 Å². The maximum absolute atomic E-state index is 11.3. The van der Waals surface area contributed by atoms with Crippen molar-refractivity contribution >= 4 is 5.97 Å². The number of hydrogen-bond acceptors (Lipinski definition) is 3. The Morgan fingerprint density at radius 3 is 2.67 bits per heavy atom. The van der Waals surface area contributed by atoms with Crippen molar-refractivity contribution in [2.75, 3.05) is 7.11 Å². The number of ether oxygens (including phenoxy) is 1. The molecular weight excluding hydrogens is 304 g/mol. The standard InChI is InChI=1S/C19H18N2O3/c1-24-18-16(8-5-9-17(18)19(22)23)15-12-20-21(13-15)11-10-14-6-3-2-4-7-14/h2-9,12-13H,10-11H2,1H3,(H,22,23). The highest BCUT2D eigenvalue weighted by Gasteiger charge is 2.16. The number of aromatic nitrogens is 2. The maximum atomic E-state index is 11.3. The molecule has 1 N–H and O–H groups in total. The lowest BCUT2D eigenvalue weighted by Crippen LogP contribution is -2.02. The highest BCUT2D eigenvalue weighted by Crippen LogP contribution is 2.32. The van der Waals surface area contributed by atoms with Crippen LogP contribution in [0.25, 0.3) is 11.1 Å². The third-order valence-electron chi connectivity index (χ3n) is 3.87. The first-order valence-corrected chi connectivity index (χ1v) is 7.66. The van der Waals surface area contributed by atoms with Crippen molar-refractivity contribution in [3.8, 4) is 16.9 Å². The lowest BCUT2D eigenvalue weighted by molar-refractivity contribution is 0.0693. The van der Waals surface area contributed by atoms with Gasteiger partial charge in [0.25, 0.3) is 0 Å². The highest BCUT2D eigenvalue weighted by atomic mass is 16.5. The van der Waals surface area contributed by atoms with E-state index in [1.807, 2.05) is 35.1 Å². The zero-order chi connectivity index (χ0) is 16.9. The summed E-state index contributed by atoms with van der Waals surface area (Å²) in [4.78, 5) is 11.3. The third kappa shape index (κ3) is 3.30. The number of benzene rings is 2. The summed E-state index contributed by atoms with van der Waals surface area (Å²) in [6.45, 7) is 0.755. The van der Waals surface area contributed by atoms with Crippen molar-refractivity contribution in [2.24, 2.45) is 0 Å². The maximum Gasteiger partial charge on any atom is 0.339 e. The van der Waals surface area contributed by atoms with Crippen LogP contribution in [0.15, 0.2) is 60.9 Å². The molecule has 1 heterocycles. The Balaban J connectivity index is 1.83. The van der Waals surface area contributed by atoms with E-state index >= 15 is 0 Å². The van der Waals surface area contributed by atoms with E-state index in [4.69, 9.17) is 4.74 Å². The van der Waals surface area contributed by atoms with Gasteiger partial charge in [0.2, 0.25) is 0 Å². The van der Waals surface area contributed by atoms with Crippen molar-refractivity contribution < 1.29 is 14.6 Å². The van der Waals surface area contributed by atoms with E-state index in [1.165, 1.54) is 18.7 Å². The van der Waals surface area contributed by atoms with Gasteiger partial charge < -0.3 is 9.84 Å². The zero-order valence-electron chi connectivity index (χ0n) is 13.3. The van der Waals surface area contributed by atoms with Crippen LogP contribution in [0.5, 0.6) is 5.75 Å². The van der Waals surface area contributed by atoms with Gasteiger partial charge in [-0.1, -0.05) is 42.5 Å². The van der Waals surface area contributed by atoms with Gasteiger partial charge in [0, 0.05) is 23.9 Å². The Bertz CT molecular complexity index is 841. The lowest BCUT2D eigenvalue weighted by Gasteiger charge is -2.09. The Morgan fingerprint density at radius 1 is 1.17 bits per heavy atom. The molecule has 0 aliphatic rings. The number of nitrogens with zero attached hydrogens (tertiary/aromatic N) is 2. The third-order valence-corrected chi connectivity index (χ3v) is 3.87. The van der Waals surface area contributed by atoms with Gasteiger partial charge in [0.15, 0.2) is 0 Å². The fourth-order valence-electron chi connectivity index (χ4n) is 2.67. The van der Waals surface area contributed by atoms with Crippen LogP contribution >= 0.6 is 0 Å². The molecule has 3 rings (SSSR count). The topological polar surface area (TPSA) is 64.3 Å². The van der Waals surface area contributed by atoms with Gasteiger partial charge >= 0.3 is 5.97 Å². The van der Waals surface area contributed by atoms with Crippen LogP contribution in [0.3, 0.4) is 0 Å². The molecule has 5 heteroatoms. The van der Waals surface area contributed by atoms with Crippen molar-refractivity contribution in [1.29, 1.82) is 0 Å². The summed E-state index contributed by atoms with van der Waals surface area (Å²) in [6.07, 6.45) is 4.52. The van der Waals surface area contributed by atoms with Crippen LogP contribution in [0, 0.1) is 0 Å². The minimum absolute atomic E-state index is 0.145. The van der Waals surface area contributed by atoms with Crippen LogP contribution in [0.4, 0.5) is 0 Å². The molecule has 0 saturated carbocycles. The number of hydrogen-bond donors (Lipinski definition) is 1.